The summed E-state index contributed by atoms with van der Waals surface area (Å²) in [4.78, 5) is 36.3. The Morgan fingerprint density at radius 1 is 1.22 bits per heavy atom. The van der Waals surface area contributed by atoms with Crippen molar-refractivity contribution in [2.24, 2.45) is 5.10 Å². The third-order valence-electron chi connectivity index (χ3n) is 3.05. The molecule has 0 bridgehead atoms. The molecule has 0 aromatic rings. The molecule has 2 aliphatic heterocycles. The van der Waals surface area contributed by atoms with E-state index in [9.17, 15) is 14.4 Å². The Labute approximate surface area is 105 Å². The number of carbonyl (C=O) groups excluding carboxylic acids is 3. The molecule has 0 saturated carbocycles. The summed E-state index contributed by atoms with van der Waals surface area (Å²) in [6.45, 7) is 1.36. The molecule has 7 nitrogen and oxygen atoms in total. The average Bonchev–Trinajstić information content (AvgIpc) is 2.57. The largest absolute Gasteiger partial charge is 0.354 e. The van der Waals surface area contributed by atoms with E-state index in [1.807, 2.05) is 0 Å². The summed E-state index contributed by atoms with van der Waals surface area (Å²) >= 11 is 0. The lowest BCUT2D eigenvalue weighted by Crippen LogP contribution is -2.42. The van der Waals surface area contributed by atoms with Gasteiger partial charge in [0, 0.05) is 45.9 Å². The van der Waals surface area contributed by atoms with E-state index >= 15 is 0 Å². The molecule has 18 heavy (non-hydrogen) atoms. The van der Waals surface area contributed by atoms with Crippen molar-refractivity contribution in [1.29, 1.82) is 0 Å². The van der Waals surface area contributed by atoms with E-state index in [0.29, 0.717) is 44.6 Å². The molecular formula is C11H16N4O3. The molecule has 0 radical (unpaired) electrons. The van der Waals surface area contributed by atoms with Crippen LogP contribution >= 0.6 is 0 Å². The van der Waals surface area contributed by atoms with Crippen molar-refractivity contribution in [3.8, 4) is 0 Å². The third-order valence-corrected chi connectivity index (χ3v) is 3.05. The van der Waals surface area contributed by atoms with E-state index in [2.05, 4.69) is 10.4 Å². The smallest absolute Gasteiger partial charge is 0.270 e. The first-order valence-electron chi connectivity index (χ1n) is 5.98. The highest BCUT2D eigenvalue weighted by Crippen LogP contribution is 2.10. The normalized spacial score (nSPS) is 21.3. The predicted molar refractivity (Wildman–Crippen MR) is 63.6 cm³/mol. The highest BCUT2D eigenvalue weighted by atomic mass is 16.2. The molecule has 2 aliphatic rings. The molecule has 0 aromatic heterocycles. The Balaban J connectivity index is 2.04. The van der Waals surface area contributed by atoms with Crippen molar-refractivity contribution in [2.45, 2.75) is 19.3 Å². The van der Waals surface area contributed by atoms with Crippen LogP contribution in [-0.2, 0) is 14.4 Å². The Kier molecular flexibility index (Phi) is 3.59. The zero-order chi connectivity index (χ0) is 13.1. The topological polar surface area (TPSA) is 82.1 Å². The first kappa shape index (κ1) is 12.5. The van der Waals surface area contributed by atoms with Gasteiger partial charge in [0.1, 0.15) is 5.71 Å². The van der Waals surface area contributed by atoms with E-state index in [1.165, 1.54) is 5.01 Å². The summed E-state index contributed by atoms with van der Waals surface area (Å²) in [6.07, 6.45) is 1.000. The maximum atomic E-state index is 12.2. The van der Waals surface area contributed by atoms with E-state index in [4.69, 9.17) is 0 Å². The maximum Gasteiger partial charge on any atom is 0.270 e. The summed E-state index contributed by atoms with van der Waals surface area (Å²) in [5, 5.41) is 7.91. The van der Waals surface area contributed by atoms with Gasteiger partial charge in [0.05, 0.1) is 0 Å². The Morgan fingerprint density at radius 2 is 2.00 bits per heavy atom. The molecule has 2 heterocycles. The number of hydrogen-bond acceptors (Lipinski definition) is 4. The van der Waals surface area contributed by atoms with Crippen molar-refractivity contribution in [2.75, 3.05) is 26.7 Å². The second-order valence-corrected chi connectivity index (χ2v) is 4.36. The SMILES string of the molecule is CN1N=C(C(=O)N2CCNC(=O)CC2)CCC1=O. The molecule has 0 aromatic carbocycles. The number of carbonyl (C=O) groups is 3. The van der Waals surface area contributed by atoms with E-state index in [0.717, 1.165) is 0 Å². The minimum Gasteiger partial charge on any atom is -0.354 e. The molecule has 1 N–H and O–H groups in total. The highest BCUT2D eigenvalue weighted by molar-refractivity contribution is 6.39. The van der Waals surface area contributed by atoms with Gasteiger partial charge in [-0.05, 0) is 0 Å². The van der Waals surface area contributed by atoms with Crippen LogP contribution in [-0.4, -0.2) is 60.0 Å². The van der Waals surface area contributed by atoms with Gasteiger partial charge in [0.15, 0.2) is 0 Å². The zero-order valence-corrected chi connectivity index (χ0v) is 10.3. The van der Waals surface area contributed by atoms with Crippen molar-refractivity contribution in [3.05, 3.63) is 0 Å². The fourth-order valence-corrected chi connectivity index (χ4v) is 1.98. The molecule has 0 atom stereocenters. The van der Waals surface area contributed by atoms with Crippen LogP contribution in [0.1, 0.15) is 19.3 Å². The van der Waals surface area contributed by atoms with Crippen molar-refractivity contribution in [3.63, 3.8) is 0 Å². The average molecular weight is 252 g/mol. The Hall–Kier alpha value is -1.92. The van der Waals surface area contributed by atoms with Crippen LogP contribution in [0.15, 0.2) is 5.10 Å². The van der Waals surface area contributed by atoms with Crippen molar-refractivity contribution >= 4 is 23.4 Å². The molecule has 0 unspecified atom stereocenters. The van der Waals surface area contributed by atoms with Gasteiger partial charge >= 0.3 is 0 Å². The van der Waals surface area contributed by atoms with Crippen LogP contribution in [0.5, 0.6) is 0 Å². The molecule has 0 aliphatic carbocycles. The molecule has 98 valence electrons. The number of nitrogens with zero attached hydrogens (tertiary/aromatic N) is 3. The van der Waals surface area contributed by atoms with Gasteiger partial charge in [-0.3, -0.25) is 14.4 Å². The van der Waals surface area contributed by atoms with Crippen molar-refractivity contribution in [1.82, 2.24) is 15.2 Å². The fraction of sp³-hybridized carbons (Fsp3) is 0.636. The first-order chi connectivity index (χ1) is 8.58. The van der Waals surface area contributed by atoms with Crippen molar-refractivity contribution < 1.29 is 14.4 Å². The third kappa shape index (κ3) is 2.66. The van der Waals surface area contributed by atoms with E-state index in [-0.39, 0.29) is 17.7 Å². The number of hydrogen-bond donors (Lipinski definition) is 1. The van der Waals surface area contributed by atoms with Crippen LogP contribution in [0.25, 0.3) is 0 Å². The molecule has 1 saturated heterocycles. The standard InChI is InChI=1S/C11H16N4O3/c1-14-10(17)3-2-8(13-14)11(18)15-6-4-9(16)12-5-7-15/h2-7H2,1H3,(H,12,16). The number of rotatable bonds is 1. The lowest BCUT2D eigenvalue weighted by atomic mass is 10.1. The molecule has 1 fully saturated rings. The van der Waals surface area contributed by atoms with Gasteiger partial charge in [0.25, 0.3) is 5.91 Å². The van der Waals surface area contributed by atoms with Gasteiger partial charge in [-0.15, -0.1) is 0 Å². The summed E-state index contributed by atoms with van der Waals surface area (Å²) in [6, 6.07) is 0. The fourth-order valence-electron chi connectivity index (χ4n) is 1.98. The molecule has 7 heteroatoms. The summed E-state index contributed by atoms with van der Waals surface area (Å²) in [5.74, 6) is -0.298. The minimum atomic E-state index is -0.175. The zero-order valence-electron chi connectivity index (χ0n) is 10.3. The summed E-state index contributed by atoms with van der Waals surface area (Å²) in [7, 11) is 1.54. The monoisotopic (exact) mass is 252 g/mol. The summed E-state index contributed by atoms with van der Waals surface area (Å²) < 4.78 is 0. The quantitative estimate of drug-likeness (QED) is 0.646. The minimum absolute atomic E-state index is 0.0387. The number of hydrazone groups is 1. The lowest BCUT2D eigenvalue weighted by molar-refractivity contribution is -0.130. The van der Waals surface area contributed by atoms with Crippen LogP contribution in [0.3, 0.4) is 0 Å². The first-order valence-corrected chi connectivity index (χ1v) is 5.98. The van der Waals surface area contributed by atoms with Crippen LogP contribution < -0.4 is 5.32 Å². The van der Waals surface area contributed by atoms with Crippen LogP contribution in [0.4, 0.5) is 0 Å². The number of nitrogens with one attached hydrogen (secondary N) is 1. The second-order valence-electron chi connectivity index (χ2n) is 4.36. The summed E-state index contributed by atoms with van der Waals surface area (Å²) in [5.41, 5.74) is 0.395. The van der Waals surface area contributed by atoms with Gasteiger partial charge in [0.2, 0.25) is 11.8 Å². The Bertz CT molecular complexity index is 419. The Morgan fingerprint density at radius 3 is 2.72 bits per heavy atom. The molecule has 2 rings (SSSR count). The van der Waals surface area contributed by atoms with Gasteiger partial charge in [-0.2, -0.15) is 5.10 Å². The van der Waals surface area contributed by atoms with E-state index in [1.54, 1.807) is 11.9 Å². The second kappa shape index (κ2) is 5.16. The van der Waals surface area contributed by atoms with Crippen LogP contribution in [0.2, 0.25) is 0 Å². The highest BCUT2D eigenvalue weighted by Gasteiger charge is 2.27. The maximum absolute atomic E-state index is 12.2. The van der Waals surface area contributed by atoms with Gasteiger partial charge in [-0.1, -0.05) is 0 Å². The van der Waals surface area contributed by atoms with Crippen LogP contribution in [0, 0.1) is 0 Å². The van der Waals surface area contributed by atoms with E-state index < -0.39 is 0 Å². The predicted octanol–water partition coefficient (Wildman–Crippen LogP) is -1.06. The lowest BCUT2D eigenvalue weighted by Gasteiger charge is -2.24. The number of amides is 3. The molecule has 3 amide bonds. The van der Waals surface area contributed by atoms with Gasteiger partial charge < -0.3 is 10.2 Å². The molecule has 0 spiro atoms. The molecular weight excluding hydrogens is 236 g/mol. The van der Waals surface area contributed by atoms with Gasteiger partial charge in [-0.25, -0.2) is 5.01 Å².